The fourth-order valence-electron chi connectivity index (χ4n) is 1.57. The Bertz CT molecular complexity index is 604. The molecule has 0 aliphatic carbocycles. The normalized spacial score (nSPS) is 10.4. The minimum atomic E-state index is 0.594. The SMILES string of the molecule is c1cc(NCc2cncs2)cc(-c2nn[nH]n2)c1. The number of hydrogen-bond acceptors (Lipinski definition) is 6. The second-order valence-corrected chi connectivity index (χ2v) is 4.61. The lowest BCUT2D eigenvalue weighted by atomic mass is 10.2. The van der Waals surface area contributed by atoms with Gasteiger partial charge in [-0.2, -0.15) is 5.21 Å². The van der Waals surface area contributed by atoms with Crippen molar-refractivity contribution in [3.63, 3.8) is 0 Å². The number of benzene rings is 1. The lowest BCUT2D eigenvalue weighted by Crippen LogP contribution is -1.97. The van der Waals surface area contributed by atoms with Crippen molar-refractivity contribution in [2.75, 3.05) is 5.32 Å². The third kappa shape index (κ3) is 2.35. The number of H-pyrrole nitrogens is 1. The van der Waals surface area contributed by atoms with E-state index < -0.39 is 0 Å². The van der Waals surface area contributed by atoms with E-state index in [-0.39, 0.29) is 0 Å². The molecule has 0 atom stereocenters. The molecule has 3 rings (SSSR count). The van der Waals surface area contributed by atoms with Crippen LogP contribution in [0.1, 0.15) is 4.88 Å². The minimum Gasteiger partial charge on any atom is -0.380 e. The molecule has 0 spiro atoms. The maximum Gasteiger partial charge on any atom is 0.204 e. The van der Waals surface area contributed by atoms with E-state index in [1.807, 2.05) is 36.0 Å². The van der Waals surface area contributed by atoms with E-state index in [9.17, 15) is 0 Å². The Morgan fingerprint density at radius 1 is 1.33 bits per heavy atom. The molecule has 18 heavy (non-hydrogen) atoms. The molecule has 0 unspecified atom stereocenters. The first-order valence-corrected chi connectivity index (χ1v) is 6.25. The van der Waals surface area contributed by atoms with Gasteiger partial charge in [0.25, 0.3) is 0 Å². The summed E-state index contributed by atoms with van der Waals surface area (Å²) in [4.78, 5) is 5.23. The Morgan fingerprint density at radius 2 is 2.33 bits per heavy atom. The maximum atomic E-state index is 4.04. The Kier molecular flexibility index (Phi) is 2.97. The van der Waals surface area contributed by atoms with Crippen LogP contribution in [0.4, 0.5) is 5.69 Å². The fraction of sp³-hybridized carbons (Fsp3) is 0.0909. The van der Waals surface area contributed by atoms with Gasteiger partial charge in [0.1, 0.15) is 0 Å². The van der Waals surface area contributed by atoms with Crippen molar-refractivity contribution >= 4 is 17.0 Å². The van der Waals surface area contributed by atoms with Crippen molar-refractivity contribution in [3.05, 3.63) is 40.8 Å². The van der Waals surface area contributed by atoms with Crippen LogP contribution in [0.25, 0.3) is 11.4 Å². The summed E-state index contributed by atoms with van der Waals surface area (Å²) in [5, 5.41) is 17.2. The summed E-state index contributed by atoms with van der Waals surface area (Å²) in [5.41, 5.74) is 3.77. The summed E-state index contributed by atoms with van der Waals surface area (Å²) in [7, 11) is 0. The summed E-state index contributed by atoms with van der Waals surface area (Å²) in [6, 6.07) is 7.90. The van der Waals surface area contributed by atoms with Gasteiger partial charge in [-0.3, -0.25) is 4.98 Å². The van der Waals surface area contributed by atoms with Crippen LogP contribution >= 0.6 is 11.3 Å². The number of tetrazole rings is 1. The van der Waals surface area contributed by atoms with Crippen LogP contribution in [0.2, 0.25) is 0 Å². The molecule has 7 heteroatoms. The number of rotatable bonds is 4. The van der Waals surface area contributed by atoms with Gasteiger partial charge in [0.05, 0.1) is 12.1 Å². The quantitative estimate of drug-likeness (QED) is 0.747. The third-order valence-corrected chi connectivity index (χ3v) is 3.20. The minimum absolute atomic E-state index is 0.594. The second kappa shape index (κ2) is 4.92. The number of nitrogens with zero attached hydrogens (tertiary/aromatic N) is 4. The van der Waals surface area contributed by atoms with Gasteiger partial charge in [-0.25, -0.2) is 0 Å². The van der Waals surface area contributed by atoms with Crippen molar-refractivity contribution in [3.8, 4) is 11.4 Å². The molecule has 0 radical (unpaired) electrons. The molecule has 1 aromatic carbocycles. The largest absolute Gasteiger partial charge is 0.380 e. The molecule has 0 fully saturated rings. The summed E-state index contributed by atoms with van der Waals surface area (Å²) >= 11 is 1.63. The van der Waals surface area contributed by atoms with Crippen LogP contribution < -0.4 is 5.32 Å². The highest BCUT2D eigenvalue weighted by molar-refractivity contribution is 7.09. The van der Waals surface area contributed by atoms with Crippen molar-refractivity contribution in [2.24, 2.45) is 0 Å². The van der Waals surface area contributed by atoms with Crippen molar-refractivity contribution in [1.29, 1.82) is 0 Å². The Balaban J connectivity index is 1.75. The van der Waals surface area contributed by atoms with E-state index >= 15 is 0 Å². The van der Waals surface area contributed by atoms with Crippen LogP contribution in [0, 0.1) is 0 Å². The summed E-state index contributed by atoms with van der Waals surface area (Å²) in [6.45, 7) is 0.764. The molecule has 2 aromatic heterocycles. The summed E-state index contributed by atoms with van der Waals surface area (Å²) in [6.07, 6.45) is 1.86. The van der Waals surface area contributed by atoms with E-state index in [0.717, 1.165) is 17.8 Å². The molecule has 6 nitrogen and oxygen atoms in total. The highest BCUT2D eigenvalue weighted by atomic mass is 32.1. The van der Waals surface area contributed by atoms with E-state index in [1.165, 1.54) is 4.88 Å². The Morgan fingerprint density at radius 3 is 3.11 bits per heavy atom. The van der Waals surface area contributed by atoms with Crippen molar-refractivity contribution in [1.82, 2.24) is 25.6 Å². The van der Waals surface area contributed by atoms with Gasteiger partial charge in [-0.15, -0.1) is 21.5 Å². The van der Waals surface area contributed by atoms with Crippen molar-refractivity contribution in [2.45, 2.75) is 6.54 Å². The van der Waals surface area contributed by atoms with E-state index in [0.29, 0.717) is 5.82 Å². The average molecular weight is 258 g/mol. The van der Waals surface area contributed by atoms with E-state index in [2.05, 4.69) is 30.9 Å². The van der Waals surface area contributed by atoms with Crippen molar-refractivity contribution < 1.29 is 0 Å². The second-order valence-electron chi connectivity index (χ2n) is 3.64. The molecule has 0 aliphatic rings. The van der Waals surface area contributed by atoms with E-state index in [1.54, 1.807) is 11.3 Å². The number of anilines is 1. The van der Waals surface area contributed by atoms with E-state index in [4.69, 9.17) is 0 Å². The highest BCUT2D eigenvalue weighted by Gasteiger charge is 2.03. The van der Waals surface area contributed by atoms with Gasteiger partial charge < -0.3 is 5.32 Å². The van der Waals surface area contributed by atoms with Gasteiger partial charge in [0, 0.05) is 22.3 Å². The lowest BCUT2D eigenvalue weighted by molar-refractivity contribution is 0.881. The van der Waals surface area contributed by atoms with Gasteiger partial charge in [-0.05, 0) is 17.3 Å². The first-order chi connectivity index (χ1) is 8.92. The van der Waals surface area contributed by atoms with Crippen LogP contribution in [-0.2, 0) is 6.54 Å². The first-order valence-electron chi connectivity index (χ1n) is 5.37. The smallest absolute Gasteiger partial charge is 0.204 e. The molecule has 3 aromatic rings. The summed E-state index contributed by atoms with van der Waals surface area (Å²) < 4.78 is 0. The lowest BCUT2D eigenvalue weighted by Gasteiger charge is -2.05. The summed E-state index contributed by atoms with van der Waals surface area (Å²) in [5.74, 6) is 0.594. The number of aromatic amines is 1. The molecule has 0 amide bonds. The van der Waals surface area contributed by atoms with Gasteiger partial charge in [-0.1, -0.05) is 12.1 Å². The van der Waals surface area contributed by atoms with Crippen LogP contribution in [0.5, 0.6) is 0 Å². The zero-order chi connectivity index (χ0) is 12.2. The third-order valence-electron chi connectivity index (χ3n) is 2.42. The van der Waals surface area contributed by atoms with Gasteiger partial charge in [0.2, 0.25) is 5.82 Å². The highest BCUT2D eigenvalue weighted by Crippen LogP contribution is 2.19. The Hall–Kier alpha value is -2.28. The zero-order valence-electron chi connectivity index (χ0n) is 9.37. The predicted molar refractivity (Wildman–Crippen MR) is 69.1 cm³/mol. The predicted octanol–water partition coefficient (Wildman–Crippen LogP) is 1.94. The molecule has 0 saturated carbocycles. The first kappa shape index (κ1) is 10.8. The molecule has 0 saturated heterocycles. The van der Waals surface area contributed by atoms with Crippen LogP contribution in [-0.4, -0.2) is 25.6 Å². The number of nitrogens with one attached hydrogen (secondary N) is 2. The average Bonchev–Trinajstić information content (AvgIpc) is 3.10. The number of aromatic nitrogens is 5. The van der Waals surface area contributed by atoms with Gasteiger partial charge >= 0.3 is 0 Å². The maximum absolute atomic E-state index is 4.04. The molecular weight excluding hydrogens is 248 g/mol. The van der Waals surface area contributed by atoms with Crippen LogP contribution in [0.3, 0.4) is 0 Å². The topological polar surface area (TPSA) is 79.4 Å². The molecule has 2 heterocycles. The molecule has 0 bridgehead atoms. The molecule has 2 N–H and O–H groups in total. The monoisotopic (exact) mass is 258 g/mol. The fourth-order valence-corrected chi connectivity index (χ4v) is 2.11. The molecule has 0 aliphatic heterocycles. The standard InChI is InChI=1S/C11H10N6S/c1-2-8(11-14-16-17-15-11)4-9(3-1)13-6-10-5-12-7-18-10/h1-5,7,13H,6H2,(H,14,15,16,17). The number of thiazole rings is 1. The van der Waals surface area contributed by atoms with Crippen LogP contribution in [0.15, 0.2) is 36.0 Å². The Labute approximate surface area is 107 Å². The molecule has 90 valence electrons. The molecular formula is C11H10N6S. The number of hydrogen-bond donors (Lipinski definition) is 2. The zero-order valence-corrected chi connectivity index (χ0v) is 10.2. The van der Waals surface area contributed by atoms with Gasteiger partial charge in [0.15, 0.2) is 0 Å².